The highest BCUT2D eigenvalue weighted by molar-refractivity contribution is 5.70. The van der Waals surface area contributed by atoms with Crippen LogP contribution in [0.3, 0.4) is 0 Å². The molecule has 1 aliphatic heterocycles. The molecule has 0 spiro atoms. The molecule has 1 aromatic heterocycles. The topological polar surface area (TPSA) is 96.1 Å². The summed E-state index contributed by atoms with van der Waals surface area (Å²) >= 11 is 0. The van der Waals surface area contributed by atoms with E-state index in [1.54, 1.807) is 0 Å². The Kier molecular flexibility index (Phi) is 5.87. The zero-order valence-corrected chi connectivity index (χ0v) is 17.6. The predicted molar refractivity (Wildman–Crippen MR) is 106 cm³/mol. The maximum atomic E-state index is 8.49. The number of pyridine rings is 1. The summed E-state index contributed by atoms with van der Waals surface area (Å²) in [6.45, 7) is 2.13. The van der Waals surface area contributed by atoms with Gasteiger partial charge in [-0.25, -0.2) is 18.6 Å². The predicted octanol–water partition coefficient (Wildman–Crippen LogP) is 0.754. The number of hydrogen-bond donors (Lipinski definition) is 0. The molecule has 0 unspecified atom stereocenters. The molecule has 3 aromatic carbocycles. The van der Waals surface area contributed by atoms with Crippen molar-refractivity contribution in [1.29, 1.82) is 0 Å². The first-order valence-electron chi connectivity index (χ1n) is 9.71. The lowest BCUT2D eigenvalue weighted by molar-refractivity contribution is -2.00. The summed E-state index contributed by atoms with van der Waals surface area (Å²) in [7, 11) is -4.94. The zero-order valence-electron chi connectivity index (χ0n) is 16.8. The first-order chi connectivity index (χ1) is 14.8. The van der Waals surface area contributed by atoms with E-state index in [2.05, 4.69) is 102 Å². The molecule has 0 N–H and O–H groups in total. The fraction of sp³-hybridized carbons (Fsp3) is 0.0800. The molecule has 2 heterocycles. The molecule has 6 heteroatoms. The lowest BCUT2D eigenvalue weighted by atomic mass is 10.0. The Morgan fingerprint density at radius 1 is 0.677 bits per heavy atom. The van der Waals surface area contributed by atoms with Crippen molar-refractivity contribution in [3.63, 3.8) is 0 Å². The second-order valence-corrected chi connectivity index (χ2v) is 8.13. The molecular weight excluding hydrogens is 414 g/mol. The number of aryl methyl sites for hydroxylation is 1. The second kappa shape index (κ2) is 8.59. The van der Waals surface area contributed by atoms with E-state index in [4.69, 9.17) is 18.6 Å². The molecule has 4 aromatic rings. The Labute approximate surface area is 182 Å². The Morgan fingerprint density at radius 2 is 1.29 bits per heavy atom. The highest BCUT2D eigenvalue weighted by Gasteiger charge is 2.31. The maximum Gasteiger partial charge on any atom is 0.219 e. The number of nitrogens with zero attached hydrogens (tertiary/aromatic N) is 1. The third kappa shape index (κ3) is 4.99. The third-order valence-electron chi connectivity index (χ3n) is 5.20. The van der Waals surface area contributed by atoms with Gasteiger partial charge >= 0.3 is 0 Å². The monoisotopic (exact) mass is 433 g/mol. The van der Waals surface area contributed by atoms with Gasteiger partial charge in [0.25, 0.3) is 0 Å². The molecule has 0 radical (unpaired) electrons. The van der Waals surface area contributed by atoms with Gasteiger partial charge in [0.2, 0.25) is 11.4 Å². The summed E-state index contributed by atoms with van der Waals surface area (Å²) < 4.78 is 36.4. The largest absolute Gasteiger partial charge is 0.222 e. The Morgan fingerprint density at radius 3 is 1.97 bits per heavy atom. The molecule has 31 heavy (non-hydrogen) atoms. The molecule has 0 saturated heterocycles. The van der Waals surface area contributed by atoms with E-state index in [0.717, 1.165) is 6.42 Å². The summed E-state index contributed by atoms with van der Waals surface area (Å²) in [5.74, 6) is 0. The highest BCUT2D eigenvalue weighted by atomic mass is 35.7. The molecular formula is C25H20ClNO4. The van der Waals surface area contributed by atoms with Crippen LogP contribution in [-0.2, 0) is 6.42 Å². The van der Waals surface area contributed by atoms with Crippen LogP contribution in [0.4, 0.5) is 0 Å². The number of para-hydroxylation sites is 1. The van der Waals surface area contributed by atoms with Crippen LogP contribution in [0.5, 0.6) is 0 Å². The van der Waals surface area contributed by atoms with Gasteiger partial charge in [-0.3, -0.25) is 0 Å². The fourth-order valence-electron chi connectivity index (χ4n) is 3.87. The van der Waals surface area contributed by atoms with Gasteiger partial charge in [-0.05, 0) is 30.2 Å². The van der Waals surface area contributed by atoms with Crippen molar-refractivity contribution in [3.8, 4) is 28.1 Å². The minimum Gasteiger partial charge on any atom is -0.222 e. The lowest BCUT2D eigenvalue weighted by Crippen LogP contribution is -2.68. The summed E-state index contributed by atoms with van der Waals surface area (Å²) in [6, 6.07) is 32.9. The van der Waals surface area contributed by atoms with E-state index < -0.39 is 10.2 Å². The van der Waals surface area contributed by atoms with Crippen LogP contribution in [0.1, 0.15) is 16.8 Å². The van der Waals surface area contributed by atoms with E-state index in [9.17, 15) is 0 Å². The molecule has 1 aliphatic rings. The van der Waals surface area contributed by atoms with Gasteiger partial charge in [-0.15, -0.1) is 10.2 Å². The fourth-order valence-corrected chi connectivity index (χ4v) is 3.87. The van der Waals surface area contributed by atoms with Gasteiger partial charge in [-0.1, -0.05) is 66.2 Å². The Balaban J connectivity index is 0.000000418. The third-order valence-corrected chi connectivity index (χ3v) is 5.20. The Bertz CT molecular complexity index is 1200. The van der Waals surface area contributed by atoms with Crippen LogP contribution < -0.4 is 23.2 Å². The molecule has 0 saturated carbocycles. The van der Waals surface area contributed by atoms with Gasteiger partial charge in [0.15, 0.2) is 5.69 Å². The van der Waals surface area contributed by atoms with E-state index in [1.165, 1.54) is 44.9 Å². The van der Waals surface area contributed by atoms with E-state index in [0.29, 0.717) is 0 Å². The number of halogens is 1. The lowest BCUT2D eigenvalue weighted by Gasteiger charge is -2.17. The van der Waals surface area contributed by atoms with Crippen LogP contribution in [0.15, 0.2) is 91.0 Å². The summed E-state index contributed by atoms with van der Waals surface area (Å²) in [4.78, 5) is 0. The smallest absolute Gasteiger partial charge is 0.219 e. The molecule has 5 nitrogen and oxygen atoms in total. The van der Waals surface area contributed by atoms with Crippen molar-refractivity contribution >= 4 is 0 Å². The van der Waals surface area contributed by atoms with Crippen LogP contribution in [0.25, 0.3) is 28.1 Å². The van der Waals surface area contributed by atoms with Gasteiger partial charge in [0.05, 0.1) is 6.42 Å². The van der Waals surface area contributed by atoms with Crippen LogP contribution in [0, 0.1) is 17.2 Å². The molecule has 0 aliphatic carbocycles. The quantitative estimate of drug-likeness (QED) is 0.384. The number of benzene rings is 3. The minimum atomic E-state index is -4.94. The molecule has 0 fully saturated rings. The van der Waals surface area contributed by atoms with E-state index in [1.807, 2.05) is 0 Å². The van der Waals surface area contributed by atoms with Crippen molar-refractivity contribution in [2.75, 3.05) is 0 Å². The summed E-state index contributed by atoms with van der Waals surface area (Å²) in [5, 5.41) is 0. The second-order valence-electron chi connectivity index (χ2n) is 7.37. The number of aromatic nitrogens is 1. The highest BCUT2D eigenvalue weighted by Crippen LogP contribution is 2.31. The van der Waals surface area contributed by atoms with Crippen LogP contribution in [0.2, 0.25) is 0 Å². The first kappa shape index (κ1) is 21.2. The molecule has 0 atom stereocenters. The molecule has 5 rings (SSSR count). The van der Waals surface area contributed by atoms with Crippen molar-refractivity contribution in [1.82, 2.24) is 0 Å². The van der Waals surface area contributed by atoms with Crippen LogP contribution in [-0.4, -0.2) is 0 Å². The van der Waals surface area contributed by atoms with Crippen LogP contribution >= 0.6 is 0 Å². The normalized spacial score (nSPS) is 11.9. The zero-order chi connectivity index (χ0) is 22.0. The van der Waals surface area contributed by atoms with Gasteiger partial charge in [-0.2, -0.15) is 4.57 Å². The maximum absolute atomic E-state index is 8.49. The van der Waals surface area contributed by atoms with E-state index >= 15 is 0 Å². The van der Waals surface area contributed by atoms with Gasteiger partial charge < -0.3 is 0 Å². The number of fused-ring (bicyclic) bond motifs is 3. The van der Waals surface area contributed by atoms with Gasteiger partial charge in [0, 0.05) is 29.3 Å². The summed E-state index contributed by atoms with van der Waals surface area (Å²) in [6.07, 6.45) is 0.982. The standard InChI is InChI=1S/C25H20N.ClHO4/c1-18-11-13-19(14-12-18)22-16-23-15-21-9-5-6-10-24(21)26(23)25(17-22)20-7-3-2-4-8-20;2-1(3,4)5/h2-14,16-17H,15H2,1H3;(H,2,3,4,5)/q+1;/p-1. The average Bonchev–Trinajstić information content (AvgIpc) is 3.11. The van der Waals surface area contributed by atoms with Gasteiger partial charge in [0.1, 0.15) is 0 Å². The molecule has 0 bridgehead atoms. The molecule has 156 valence electrons. The SMILES string of the molecule is Cc1ccc(-c2cc3[n+](c(-c4ccccc4)c2)-c2ccccc2C3)cc1.[O-][Cl+3]([O-])([O-])[O-]. The number of hydrogen-bond acceptors (Lipinski definition) is 4. The van der Waals surface area contributed by atoms with E-state index in [-0.39, 0.29) is 0 Å². The van der Waals surface area contributed by atoms with Crippen molar-refractivity contribution in [2.24, 2.45) is 0 Å². The minimum absolute atomic E-state index is 0.982. The van der Waals surface area contributed by atoms with Crippen molar-refractivity contribution in [2.45, 2.75) is 13.3 Å². The van der Waals surface area contributed by atoms with Crippen molar-refractivity contribution in [3.05, 3.63) is 108 Å². The summed E-state index contributed by atoms with van der Waals surface area (Å²) in [5.41, 5.74) is 10.4. The number of rotatable bonds is 2. The average molecular weight is 434 g/mol. The van der Waals surface area contributed by atoms with Crippen molar-refractivity contribution < 1.29 is 33.4 Å². The molecule has 0 amide bonds. The first-order valence-corrected chi connectivity index (χ1v) is 10.9. The Hall–Kier alpha value is -3.06.